The Kier molecular flexibility index (Phi) is 4.85. The molecule has 32 heavy (non-hydrogen) atoms. The van der Waals surface area contributed by atoms with Crippen LogP contribution in [0, 0.1) is 12.8 Å². The third-order valence-electron chi connectivity index (χ3n) is 5.84. The maximum absolute atomic E-state index is 13.2. The molecule has 3 aromatic rings. The molecule has 0 spiro atoms. The third-order valence-corrected chi connectivity index (χ3v) is 7.28. The van der Waals surface area contributed by atoms with Crippen molar-refractivity contribution in [1.82, 2.24) is 9.78 Å². The van der Waals surface area contributed by atoms with Gasteiger partial charge in [-0.2, -0.15) is 5.10 Å². The molecule has 1 unspecified atom stereocenters. The minimum absolute atomic E-state index is 0.0970. The molecule has 164 valence electrons. The number of hydrogen-bond acceptors (Lipinski definition) is 5. The van der Waals surface area contributed by atoms with Crippen LogP contribution in [0.3, 0.4) is 0 Å². The lowest BCUT2D eigenvalue weighted by molar-refractivity contribution is -0.122. The highest BCUT2D eigenvalue weighted by Crippen LogP contribution is 2.34. The van der Waals surface area contributed by atoms with Crippen LogP contribution in [0.25, 0.3) is 5.69 Å². The van der Waals surface area contributed by atoms with E-state index in [9.17, 15) is 18.0 Å². The monoisotopic (exact) mass is 450 g/mol. The summed E-state index contributed by atoms with van der Waals surface area (Å²) in [5, 5.41) is 7.36. The highest BCUT2D eigenvalue weighted by molar-refractivity contribution is 7.90. The SMILES string of the molecule is Cc1cccc(N2CC(C(=O)Nc3c4c(nn3-c3ccccc3)CS(=O)(=O)C4)CC2=O)c1. The fourth-order valence-electron chi connectivity index (χ4n) is 4.27. The fourth-order valence-corrected chi connectivity index (χ4v) is 5.77. The molecule has 2 aliphatic rings. The van der Waals surface area contributed by atoms with E-state index in [0.29, 0.717) is 17.1 Å². The van der Waals surface area contributed by atoms with Crippen LogP contribution in [0.15, 0.2) is 54.6 Å². The molecular formula is C23H22N4O4S. The van der Waals surface area contributed by atoms with Gasteiger partial charge in [0.25, 0.3) is 0 Å². The van der Waals surface area contributed by atoms with Crippen LogP contribution in [0.1, 0.15) is 23.2 Å². The van der Waals surface area contributed by atoms with Gasteiger partial charge in [0.05, 0.1) is 28.8 Å². The first-order valence-electron chi connectivity index (χ1n) is 10.4. The van der Waals surface area contributed by atoms with E-state index in [4.69, 9.17) is 0 Å². The first kappa shape index (κ1) is 20.4. The van der Waals surface area contributed by atoms with Gasteiger partial charge < -0.3 is 10.2 Å². The molecule has 0 aliphatic carbocycles. The summed E-state index contributed by atoms with van der Waals surface area (Å²) in [5.41, 5.74) is 3.49. The van der Waals surface area contributed by atoms with Crippen LogP contribution in [-0.2, 0) is 30.9 Å². The summed E-state index contributed by atoms with van der Waals surface area (Å²) >= 11 is 0. The van der Waals surface area contributed by atoms with Gasteiger partial charge >= 0.3 is 0 Å². The number of nitrogens with one attached hydrogen (secondary N) is 1. The number of amides is 2. The molecule has 1 fully saturated rings. The topological polar surface area (TPSA) is 101 Å². The van der Waals surface area contributed by atoms with E-state index in [0.717, 1.165) is 16.9 Å². The van der Waals surface area contributed by atoms with Gasteiger partial charge in [0.2, 0.25) is 11.8 Å². The van der Waals surface area contributed by atoms with Crippen molar-refractivity contribution in [3.05, 3.63) is 71.4 Å². The van der Waals surface area contributed by atoms with Gasteiger partial charge in [0, 0.05) is 24.2 Å². The molecule has 1 aromatic heterocycles. The van der Waals surface area contributed by atoms with E-state index in [1.165, 1.54) is 0 Å². The molecule has 0 bridgehead atoms. The molecule has 1 atom stereocenters. The van der Waals surface area contributed by atoms with E-state index in [1.54, 1.807) is 9.58 Å². The van der Waals surface area contributed by atoms with Crippen molar-refractivity contribution in [3.8, 4) is 5.69 Å². The van der Waals surface area contributed by atoms with Crippen molar-refractivity contribution >= 4 is 33.2 Å². The Morgan fingerprint density at radius 1 is 1.06 bits per heavy atom. The second-order valence-corrected chi connectivity index (χ2v) is 10.4. The maximum Gasteiger partial charge on any atom is 0.230 e. The number of fused-ring (bicyclic) bond motifs is 1. The molecule has 8 nitrogen and oxygen atoms in total. The smallest absolute Gasteiger partial charge is 0.230 e. The minimum atomic E-state index is -3.29. The lowest BCUT2D eigenvalue weighted by atomic mass is 10.1. The van der Waals surface area contributed by atoms with Gasteiger partial charge in [-0.05, 0) is 36.8 Å². The molecule has 1 saturated heterocycles. The molecule has 5 rings (SSSR count). The molecule has 3 heterocycles. The normalized spacial score (nSPS) is 19.2. The van der Waals surface area contributed by atoms with Crippen molar-refractivity contribution in [2.24, 2.45) is 5.92 Å². The van der Waals surface area contributed by atoms with Crippen molar-refractivity contribution < 1.29 is 18.0 Å². The first-order valence-corrected chi connectivity index (χ1v) is 12.2. The summed E-state index contributed by atoms with van der Waals surface area (Å²) in [6.07, 6.45) is 0.0970. The fraction of sp³-hybridized carbons (Fsp3) is 0.261. The Balaban J connectivity index is 1.43. The van der Waals surface area contributed by atoms with E-state index < -0.39 is 15.8 Å². The number of rotatable bonds is 4. The van der Waals surface area contributed by atoms with E-state index >= 15 is 0 Å². The highest BCUT2D eigenvalue weighted by Gasteiger charge is 2.38. The molecule has 2 aromatic carbocycles. The number of benzene rings is 2. The average Bonchev–Trinajstić information content (AvgIpc) is 3.39. The summed E-state index contributed by atoms with van der Waals surface area (Å²) in [4.78, 5) is 27.4. The Hall–Kier alpha value is -3.46. The number of anilines is 2. The van der Waals surface area contributed by atoms with E-state index in [2.05, 4.69) is 10.4 Å². The predicted octanol–water partition coefficient (Wildman–Crippen LogP) is 2.60. The Morgan fingerprint density at radius 2 is 1.81 bits per heavy atom. The Morgan fingerprint density at radius 3 is 2.56 bits per heavy atom. The van der Waals surface area contributed by atoms with Crippen LogP contribution >= 0.6 is 0 Å². The van der Waals surface area contributed by atoms with Crippen LogP contribution in [0.4, 0.5) is 11.5 Å². The second-order valence-electron chi connectivity index (χ2n) is 8.29. The van der Waals surface area contributed by atoms with Crippen molar-refractivity contribution in [2.75, 3.05) is 16.8 Å². The number of carbonyl (C=O) groups is 2. The zero-order valence-corrected chi connectivity index (χ0v) is 18.3. The number of aryl methyl sites for hydroxylation is 1. The maximum atomic E-state index is 13.2. The number of hydrogen-bond donors (Lipinski definition) is 1. The van der Waals surface area contributed by atoms with Crippen LogP contribution in [-0.4, -0.2) is 36.6 Å². The molecule has 1 N–H and O–H groups in total. The summed E-state index contributed by atoms with van der Waals surface area (Å²) in [7, 11) is -3.29. The molecular weight excluding hydrogens is 428 g/mol. The first-order chi connectivity index (χ1) is 15.3. The lowest BCUT2D eigenvalue weighted by Gasteiger charge is -2.17. The predicted molar refractivity (Wildman–Crippen MR) is 120 cm³/mol. The van der Waals surface area contributed by atoms with Gasteiger partial charge in [-0.25, -0.2) is 13.1 Å². The van der Waals surface area contributed by atoms with Crippen LogP contribution in [0.5, 0.6) is 0 Å². The van der Waals surface area contributed by atoms with Crippen molar-refractivity contribution in [3.63, 3.8) is 0 Å². The summed E-state index contributed by atoms with van der Waals surface area (Å²) in [5.74, 6) is -0.926. The quantitative estimate of drug-likeness (QED) is 0.658. The Bertz CT molecular complexity index is 1330. The molecule has 2 amide bonds. The van der Waals surface area contributed by atoms with E-state index in [-0.39, 0.29) is 36.3 Å². The minimum Gasteiger partial charge on any atom is -0.312 e. The van der Waals surface area contributed by atoms with Crippen molar-refractivity contribution in [1.29, 1.82) is 0 Å². The van der Waals surface area contributed by atoms with Crippen LogP contribution in [0.2, 0.25) is 0 Å². The summed E-state index contributed by atoms with van der Waals surface area (Å²) < 4.78 is 25.9. The number of aromatic nitrogens is 2. The van der Waals surface area contributed by atoms with Gasteiger partial charge in [0.1, 0.15) is 5.82 Å². The molecule has 0 saturated carbocycles. The van der Waals surface area contributed by atoms with Gasteiger partial charge in [-0.15, -0.1) is 0 Å². The molecule has 2 aliphatic heterocycles. The van der Waals surface area contributed by atoms with Crippen LogP contribution < -0.4 is 10.2 Å². The summed E-state index contributed by atoms with van der Waals surface area (Å²) in [6, 6.07) is 16.8. The average molecular weight is 451 g/mol. The lowest BCUT2D eigenvalue weighted by Crippen LogP contribution is -2.29. The molecule has 9 heteroatoms. The van der Waals surface area contributed by atoms with E-state index in [1.807, 2.05) is 61.5 Å². The van der Waals surface area contributed by atoms with Gasteiger partial charge in [-0.3, -0.25) is 9.59 Å². The number of nitrogens with zero attached hydrogens (tertiary/aromatic N) is 3. The van der Waals surface area contributed by atoms with Gasteiger partial charge in [0.15, 0.2) is 9.84 Å². The number of sulfone groups is 1. The third kappa shape index (κ3) is 3.69. The summed E-state index contributed by atoms with van der Waals surface area (Å²) in [6.45, 7) is 2.22. The second kappa shape index (κ2) is 7.59. The number of para-hydroxylation sites is 1. The zero-order chi connectivity index (χ0) is 22.5. The largest absolute Gasteiger partial charge is 0.312 e. The van der Waals surface area contributed by atoms with Gasteiger partial charge in [-0.1, -0.05) is 30.3 Å². The highest BCUT2D eigenvalue weighted by atomic mass is 32.2. The number of carbonyl (C=O) groups excluding carboxylic acids is 2. The van der Waals surface area contributed by atoms with Crippen molar-refractivity contribution in [2.45, 2.75) is 24.9 Å². The Labute approximate surface area is 185 Å². The molecule has 0 radical (unpaired) electrons. The zero-order valence-electron chi connectivity index (χ0n) is 17.5. The standard InChI is InChI=1S/C23H22N4O4S/c1-15-6-5-9-18(10-15)26-12-16(11-21(26)28)23(29)24-22-19-13-32(30,31)14-20(19)25-27(22)17-7-3-2-4-8-17/h2-10,16H,11-14H2,1H3,(H,24,29).